The quantitative estimate of drug-likeness (QED) is 0.418. The average Bonchev–Trinajstić information content (AvgIpc) is 3.04. The van der Waals surface area contributed by atoms with E-state index in [4.69, 9.17) is 23.2 Å². The second-order valence-corrected chi connectivity index (χ2v) is 8.95. The maximum Gasteiger partial charge on any atom is 0.416 e. The maximum atomic E-state index is 13.2. The molecule has 2 heterocycles. The minimum atomic E-state index is -4.40. The molecule has 0 saturated carbocycles. The van der Waals surface area contributed by atoms with Gasteiger partial charge in [0.25, 0.3) is 0 Å². The Labute approximate surface area is 197 Å². The second kappa shape index (κ2) is 8.84. The van der Waals surface area contributed by atoms with E-state index >= 15 is 0 Å². The van der Waals surface area contributed by atoms with Gasteiger partial charge in [0, 0.05) is 33.4 Å². The Balaban J connectivity index is 1.62. The minimum absolute atomic E-state index is 0.437. The van der Waals surface area contributed by atoms with Gasteiger partial charge in [0.1, 0.15) is 0 Å². The molecule has 0 bridgehead atoms. The van der Waals surface area contributed by atoms with Crippen molar-refractivity contribution in [1.29, 1.82) is 0 Å². The van der Waals surface area contributed by atoms with Crippen molar-refractivity contribution >= 4 is 51.5 Å². The summed E-state index contributed by atoms with van der Waals surface area (Å²) in [6.45, 7) is 3.73. The van der Waals surface area contributed by atoms with Crippen LogP contribution >= 0.6 is 35.0 Å². The van der Waals surface area contributed by atoms with E-state index in [0.29, 0.717) is 32.3 Å². The van der Waals surface area contributed by atoms with Gasteiger partial charge in [-0.3, -0.25) is 5.43 Å². The Hall–Kier alpha value is -2.42. The third kappa shape index (κ3) is 4.67. The third-order valence-electron chi connectivity index (χ3n) is 4.94. The van der Waals surface area contributed by atoms with Crippen LogP contribution in [-0.2, 0) is 6.18 Å². The van der Waals surface area contributed by atoms with Crippen LogP contribution in [0.1, 0.15) is 22.5 Å². The fraction of sp³-hybridized carbons (Fsp3) is 0.182. The van der Waals surface area contributed by atoms with Crippen molar-refractivity contribution in [3.63, 3.8) is 0 Å². The SMILES string of the molecule is Cc1cc(C2=NNC(=Nc3ccc(Cl)cc3Cl)SC2)c(C)n1-c1cccc(C(F)(F)F)c1. The molecule has 1 aliphatic rings. The van der Waals surface area contributed by atoms with Gasteiger partial charge < -0.3 is 4.57 Å². The molecule has 2 aromatic carbocycles. The number of hydrogen-bond donors (Lipinski definition) is 1. The molecule has 4 rings (SSSR count). The number of rotatable bonds is 3. The Bertz CT molecular complexity index is 1250. The first-order chi connectivity index (χ1) is 15.1. The van der Waals surface area contributed by atoms with Gasteiger partial charge in [-0.1, -0.05) is 41.0 Å². The number of benzene rings is 2. The molecule has 1 N–H and O–H groups in total. The molecule has 0 saturated heterocycles. The summed E-state index contributed by atoms with van der Waals surface area (Å²) in [5.41, 5.74) is 6.55. The molecule has 1 aromatic heterocycles. The summed E-state index contributed by atoms with van der Waals surface area (Å²) < 4.78 is 41.3. The molecule has 166 valence electrons. The molecule has 4 nitrogen and oxygen atoms in total. The van der Waals surface area contributed by atoms with Crippen molar-refractivity contribution in [2.45, 2.75) is 20.0 Å². The molecular formula is C22H17Cl2F3N4S. The minimum Gasteiger partial charge on any atom is -0.318 e. The zero-order chi connectivity index (χ0) is 23.0. The fourth-order valence-corrected chi connectivity index (χ4v) is 4.68. The van der Waals surface area contributed by atoms with E-state index in [0.717, 1.165) is 34.8 Å². The average molecular weight is 497 g/mol. The first-order valence-electron chi connectivity index (χ1n) is 9.49. The van der Waals surface area contributed by atoms with Crippen LogP contribution in [-0.4, -0.2) is 21.2 Å². The zero-order valence-corrected chi connectivity index (χ0v) is 19.3. The maximum absolute atomic E-state index is 13.2. The van der Waals surface area contributed by atoms with Crippen LogP contribution in [0.3, 0.4) is 0 Å². The Morgan fingerprint density at radius 3 is 2.53 bits per heavy atom. The van der Waals surface area contributed by atoms with Crippen LogP contribution in [0.15, 0.2) is 58.6 Å². The van der Waals surface area contributed by atoms with E-state index in [2.05, 4.69) is 15.5 Å². The number of nitrogens with zero attached hydrogens (tertiary/aromatic N) is 3. The normalized spacial score (nSPS) is 15.6. The van der Waals surface area contributed by atoms with Gasteiger partial charge in [-0.2, -0.15) is 18.3 Å². The fourth-order valence-electron chi connectivity index (χ4n) is 3.47. The van der Waals surface area contributed by atoms with Crippen molar-refractivity contribution in [2.24, 2.45) is 10.1 Å². The molecule has 0 radical (unpaired) electrons. The number of nitrogens with one attached hydrogen (secondary N) is 1. The van der Waals surface area contributed by atoms with Crippen molar-refractivity contribution in [1.82, 2.24) is 9.99 Å². The number of hydrazone groups is 1. The van der Waals surface area contributed by atoms with Gasteiger partial charge >= 0.3 is 6.18 Å². The number of hydrogen-bond acceptors (Lipinski definition) is 3. The number of halogens is 5. The van der Waals surface area contributed by atoms with Crippen molar-refractivity contribution in [2.75, 3.05) is 5.75 Å². The molecule has 32 heavy (non-hydrogen) atoms. The molecular weight excluding hydrogens is 480 g/mol. The summed E-state index contributed by atoms with van der Waals surface area (Å²) in [4.78, 5) is 4.47. The summed E-state index contributed by atoms with van der Waals surface area (Å²) in [7, 11) is 0. The monoisotopic (exact) mass is 496 g/mol. The largest absolute Gasteiger partial charge is 0.416 e. The summed E-state index contributed by atoms with van der Waals surface area (Å²) in [6.07, 6.45) is -4.40. The molecule has 10 heteroatoms. The lowest BCUT2D eigenvalue weighted by Crippen LogP contribution is -2.25. The highest BCUT2D eigenvalue weighted by molar-refractivity contribution is 8.14. The highest BCUT2D eigenvalue weighted by Crippen LogP contribution is 2.32. The van der Waals surface area contributed by atoms with E-state index in [1.807, 2.05) is 19.9 Å². The van der Waals surface area contributed by atoms with Crippen molar-refractivity contribution in [3.8, 4) is 5.69 Å². The van der Waals surface area contributed by atoms with Gasteiger partial charge in [-0.15, -0.1) is 0 Å². The second-order valence-electron chi connectivity index (χ2n) is 7.14. The lowest BCUT2D eigenvalue weighted by molar-refractivity contribution is -0.137. The number of thioether (sulfide) groups is 1. The highest BCUT2D eigenvalue weighted by Gasteiger charge is 2.31. The molecule has 0 atom stereocenters. The van der Waals surface area contributed by atoms with E-state index < -0.39 is 11.7 Å². The predicted octanol–water partition coefficient (Wildman–Crippen LogP) is 7.15. The molecule has 1 aliphatic heterocycles. The molecule has 0 spiro atoms. The summed E-state index contributed by atoms with van der Waals surface area (Å²) in [6, 6.07) is 12.3. The van der Waals surface area contributed by atoms with Gasteiger partial charge in [0.15, 0.2) is 5.17 Å². The van der Waals surface area contributed by atoms with Crippen LogP contribution in [0.25, 0.3) is 5.69 Å². The van der Waals surface area contributed by atoms with E-state index in [9.17, 15) is 13.2 Å². The summed E-state index contributed by atoms with van der Waals surface area (Å²) >= 11 is 13.6. The van der Waals surface area contributed by atoms with Crippen LogP contribution in [0.4, 0.5) is 18.9 Å². The van der Waals surface area contributed by atoms with Crippen molar-refractivity contribution < 1.29 is 13.2 Å². The standard InChI is InChI=1S/C22H17Cl2F3N4S/c1-12-8-17(13(2)31(12)16-5-3-4-14(9-16)22(25,26)27)20-11-32-21(30-29-20)28-19-7-6-15(23)10-18(19)24/h3-10H,11H2,1-2H3,(H,28,30). The molecule has 3 aromatic rings. The smallest absolute Gasteiger partial charge is 0.318 e. The Morgan fingerprint density at radius 1 is 1.09 bits per heavy atom. The number of aromatic nitrogens is 1. The van der Waals surface area contributed by atoms with Gasteiger partial charge in [-0.05, 0) is 56.3 Å². The predicted molar refractivity (Wildman–Crippen MR) is 126 cm³/mol. The molecule has 0 unspecified atom stereocenters. The van der Waals surface area contributed by atoms with Gasteiger partial charge in [0.05, 0.1) is 22.0 Å². The number of amidine groups is 1. The lowest BCUT2D eigenvalue weighted by Gasteiger charge is -2.16. The summed E-state index contributed by atoms with van der Waals surface area (Å²) in [5.74, 6) is 0.546. The number of aliphatic imine (C=N–C) groups is 1. The van der Waals surface area contributed by atoms with Crippen molar-refractivity contribution in [3.05, 3.63) is 81.1 Å². The Morgan fingerprint density at radius 2 is 1.88 bits per heavy atom. The molecule has 0 amide bonds. The van der Waals surface area contributed by atoms with E-state index in [1.54, 1.807) is 28.8 Å². The molecule has 0 fully saturated rings. The Kier molecular flexibility index (Phi) is 6.29. The van der Waals surface area contributed by atoms with Crippen LogP contribution in [0, 0.1) is 13.8 Å². The number of alkyl halides is 3. The van der Waals surface area contributed by atoms with Crippen LogP contribution in [0.2, 0.25) is 10.0 Å². The van der Waals surface area contributed by atoms with Crippen LogP contribution < -0.4 is 5.43 Å². The topological polar surface area (TPSA) is 41.7 Å². The summed E-state index contributed by atoms with van der Waals surface area (Å²) in [5, 5.41) is 5.99. The van der Waals surface area contributed by atoms with Crippen LogP contribution in [0.5, 0.6) is 0 Å². The lowest BCUT2D eigenvalue weighted by atomic mass is 10.1. The zero-order valence-electron chi connectivity index (χ0n) is 17.0. The number of aryl methyl sites for hydroxylation is 1. The van der Waals surface area contributed by atoms with E-state index in [-0.39, 0.29) is 0 Å². The molecule has 0 aliphatic carbocycles. The first kappa shape index (κ1) is 22.8. The highest BCUT2D eigenvalue weighted by atomic mass is 35.5. The van der Waals surface area contributed by atoms with Gasteiger partial charge in [-0.25, -0.2) is 4.99 Å². The third-order valence-corrected chi connectivity index (χ3v) is 6.35. The van der Waals surface area contributed by atoms with E-state index in [1.165, 1.54) is 17.8 Å². The van der Waals surface area contributed by atoms with Gasteiger partial charge in [0.2, 0.25) is 0 Å². The first-order valence-corrected chi connectivity index (χ1v) is 11.2.